The molecule has 6 nitrogen and oxygen atoms in total. The van der Waals surface area contributed by atoms with Crippen molar-refractivity contribution in [3.8, 4) is 5.75 Å². The molecule has 126 valence electrons. The normalized spacial score (nSPS) is 14.3. The van der Waals surface area contributed by atoms with Gasteiger partial charge in [0.25, 0.3) is 0 Å². The van der Waals surface area contributed by atoms with Crippen LogP contribution in [-0.2, 0) is 16.0 Å². The molecule has 0 fully saturated rings. The molecule has 1 aromatic carbocycles. The van der Waals surface area contributed by atoms with E-state index in [9.17, 15) is 9.59 Å². The second-order valence-corrected chi connectivity index (χ2v) is 6.28. The molecule has 1 unspecified atom stereocenters. The predicted molar refractivity (Wildman–Crippen MR) is 88.4 cm³/mol. The minimum Gasteiger partial charge on any atom is -0.493 e. The standard InChI is InChI=1S/C17H25N3O3/c1-11(2)19-17(22)16(21)18-10-14(20(3)4)12-5-6-15-13(9-12)7-8-23-15/h5-6,9,11,14H,7-8,10H2,1-4H3,(H,18,21)(H,19,22). The van der Waals surface area contributed by atoms with Gasteiger partial charge in [-0.25, -0.2) is 0 Å². The molecule has 6 heteroatoms. The van der Waals surface area contributed by atoms with Gasteiger partial charge in [0.05, 0.1) is 12.6 Å². The van der Waals surface area contributed by atoms with Crippen LogP contribution in [0.5, 0.6) is 5.75 Å². The molecule has 0 saturated carbocycles. The molecule has 0 radical (unpaired) electrons. The zero-order chi connectivity index (χ0) is 17.0. The van der Waals surface area contributed by atoms with Crippen LogP contribution in [0.1, 0.15) is 31.0 Å². The average molecular weight is 319 g/mol. The summed E-state index contributed by atoms with van der Waals surface area (Å²) in [5.41, 5.74) is 2.29. The Labute approximate surface area is 137 Å². The summed E-state index contributed by atoms with van der Waals surface area (Å²) in [5, 5.41) is 5.30. The molecular weight excluding hydrogens is 294 g/mol. The molecule has 0 aromatic heterocycles. The Kier molecular flexibility index (Phi) is 5.60. The van der Waals surface area contributed by atoms with Crippen molar-refractivity contribution in [2.24, 2.45) is 0 Å². The Morgan fingerprint density at radius 3 is 2.65 bits per heavy atom. The van der Waals surface area contributed by atoms with Crippen LogP contribution < -0.4 is 15.4 Å². The van der Waals surface area contributed by atoms with Crippen molar-refractivity contribution in [1.82, 2.24) is 15.5 Å². The number of benzene rings is 1. The molecule has 1 atom stereocenters. The Hall–Kier alpha value is -2.08. The third-order valence-corrected chi connectivity index (χ3v) is 3.80. The molecule has 23 heavy (non-hydrogen) atoms. The number of carbonyl (C=O) groups excluding carboxylic acids is 2. The third-order valence-electron chi connectivity index (χ3n) is 3.80. The van der Waals surface area contributed by atoms with Crippen LogP contribution in [0.15, 0.2) is 18.2 Å². The van der Waals surface area contributed by atoms with Gasteiger partial charge >= 0.3 is 11.8 Å². The quantitative estimate of drug-likeness (QED) is 0.790. The lowest BCUT2D eigenvalue weighted by atomic mass is 10.0. The van der Waals surface area contributed by atoms with Gasteiger partial charge in [0.15, 0.2) is 0 Å². The lowest BCUT2D eigenvalue weighted by molar-refractivity contribution is -0.139. The van der Waals surface area contributed by atoms with Crippen molar-refractivity contribution in [1.29, 1.82) is 0 Å². The number of hydrogen-bond donors (Lipinski definition) is 2. The number of nitrogens with one attached hydrogen (secondary N) is 2. The summed E-state index contributed by atoms with van der Waals surface area (Å²) >= 11 is 0. The van der Waals surface area contributed by atoms with Gasteiger partial charge in [-0.1, -0.05) is 12.1 Å². The fraction of sp³-hybridized carbons (Fsp3) is 0.529. The van der Waals surface area contributed by atoms with E-state index < -0.39 is 11.8 Å². The summed E-state index contributed by atoms with van der Waals surface area (Å²) in [7, 11) is 3.91. The summed E-state index contributed by atoms with van der Waals surface area (Å²) in [6.45, 7) is 4.73. The molecule has 0 aliphatic carbocycles. The largest absolute Gasteiger partial charge is 0.493 e. The molecule has 1 aromatic rings. The van der Waals surface area contributed by atoms with Crippen molar-refractivity contribution in [3.63, 3.8) is 0 Å². The highest BCUT2D eigenvalue weighted by Crippen LogP contribution is 2.29. The summed E-state index contributed by atoms with van der Waals surface area (Å²) in [6.07, 6.45) is 0.909. The predicted octanol–water partition coefficient (Wildman–Crippen LogP) is 0.865. The molecule has 2 rings (SSSR count). The number of hydrogen-bond acceptors (Lipinski definition) is 4. The number of fused-ring (bicyclic) bond motifs is 1. The summed E-state index contributed by atoms with van der Waals surface area (Å²) in [6, 6.07) is 6.04. The fourth-order valence-corrected chi connectivity index (χ4v) is 2.61. The van der Waals surface area contributed by atoms with Gasteiger partial charge in [-0.15, -0.1) is 0 Å². The average Bonchev–Trinajstić information content (AvgIpc) is 2.93. The van der Waals surface area contributed by atoms with E-state index in [4.69, 9.17) is 4.74 Å². The van der Waals surface area contributed by atoms with E-state index in [1.165, 1.54) is 5.56 Å². The smallest absolute Gasteiger partial charge is 0.309 e. The zero-order valence-electron chi connectivity index (χ0n) is 14.2. The maximum absolute atomic E-state index is 11.9. The molecule has 0 bridgehead atoms. The number of amides is 2. The molecule has 2 amide bonds. The first-order valence-electron chi connectivity index (χ1n) is 7.89. The number of rotatable bonds is 5. The van der Waals surface area contributed by atoms with Gasteiger partial charge in [-0.05, 0) is 45.1 Å². The van der Waals surface area contributed by atoms with Crippen LogP contribution in [0.25, 0.3) is 0 Å². The third kappa shape index (κ3) is 4.45. The van der Waals surface area contributed by atoms with Gasteiger partial charge in [0, 0.05) is 19.0 Å². The molecule has 0 saturated heterocycles. The van der Waals surface area contributed by atoms with Crippen LogP contribution >= 0.6 is 0 Å². The number of ether oxygens (including phenoxy) is 1. The lowest BCUT2D eigenvalue weighted by Crippen LogP contribution is -2.45. The van der Waals surface area contributed by atoms with Gasteiger partial charge < -0.3 is 20.3 Å². The van der Waals surface area contributed by atoms with Crippen molar-refractivity contribution >= 4 is 11.8 Å². The van der Waals surface area contributed by atoms with E-state index in [1.807, 2.05) is 45.0 Å². The molecule has 0 spiro atoms. The Morgan fingerprint density at radius 2 is 2.00 bits per heavy atom. The van der Waals surface area contributed by atoms with Crippen molar-refractivity contribution in [3.05, 3.63) is 29.3 Å². The van der Waals surface area contributed by atoms with Gasteiger partial charge in [0.2, 0.25) is 0 Å². The Morgan fingerprint density at radius 1 is 1.26 bits per heavy atom. The minimum absolute atomic E-state index is 0.00306. The fourth-order valence-electron chi connectivity index (χ4n) is 2.61. The summed E-state index contributed by atoms with van der Waals surface area (Å²) in [5.74, 6) is -0.262. The van der Waals surface area contributed by atoms with Crippen molar-refractivity contribution in [2.75, 3.05) is 27.2 Å². The minimum atomic E-state index is -0.602. The summed E-state index contributed by atoms with van der Waals surface area (Å²) < 4.78 is 5.52. The van der Waals surface area contributed by atoms with E-state index >= 15 is 0 Å². The highest BCUT2D eigenvalue weighted by Gasteiger charge is 2.21. The van der Waals surface area contributed by atoms with Gasteiger partial charge in [-0.3, -0.25) is 9.59 Å². The van der Waals surface area contributed by atoms with E-state index in [0.717, 1.165) is 24.3 Å². The number of likely N-dealkylation sites (N-methyl/N-ethyl adjacent to an activating group) is 1. The van der Waals surface area contributed by atoms with Crippen LogP contribution in [0.4, 0.5) is 0 Å². The monoisotopic (exact) mass is 319 g/mol. The SMILES string of the molecule is CC(C)NC(=O)C(=O)NCC(c1ccc2c(c1)CCO2)N(C)C. The van der Waals surface area contributed by atoms with Crippen LogP contribution in [0.3, 0.4) is 0 Å². The zero-order valence-corrected chi connectivity index (χ0v) is 14.2. The molecule has 2 N–H and O–H groups in total. The number of carbonyl (C=O) groups is 2. The van der Waals surface area contributed by atoms with Gasteiger partial charge in [0.1, 0.15) is 5.75 Å². The maximum Gasteiger partial charge on any atom is 0.309 e. The number of nitrogens with zero attached hydrogens (tertiary/aromatic N) is 1. The first-order chi connectivity index (χ1) is 10.9. The lowest BCUT2D eigenvalue weighted by Gasteiger charge is -2.25. The van der Waals surface area contributed by atoms with E-state index in [1.54, 1.807) is 0 Å². The molecule has 1 aliphatic heterocycles. The molecular formula is C17H25N3O3. The summed E-state index contributed by atoms with van der Waals surface area (Å²) in [4.78, 5) is 25.6. The first-order valence-corrected chi connectivity index (χ1v) is 7.89. The van der Waals surface area contributed by atoms with Crippen molar-refractivity contribution < 1.29 is 14.3 Å². The van der Waals surface area contributed by atoms with Crippen LogP contribution in [-0.4, -0.2) is 50.0 Å². The topological polar surface area (TPSA) is 70.7 Å². The van der Waals surface area contributed by atoms with E-state index in [0.29, 0.717) is 6.54 Å². The van der Waals surface area contributed by atoms with Gasteiger partial charge in [-0.2, -0.15) is 0 Å². The highest BCUT2D eigenvalue weighted by molar-refractivity contribution is 6.35. The second-order valence-electron chi connectivity index (χ2n) is 6.28. The first kappa shape index (κ1) is 17.3. The molecule has 1 heterocycles. The highest BCUT2D eigenvalue weighted by atomic mass is 16.5. The van der Waals surface area contributed by atoms with E-state index in [2.05, 4.69) is 16.7 Å². The maximum atomic E-state index is 11.9. The van der Waals surface area contributed by atoms with Crippen LogP contribution in [0.2, 0.25) is 0 Å². The van der Waals surface area contributed by atoms with Crippen molar-refractivity contribution in [2.45, 2.75) is 32.4 Å². The Bertz CT molecular complexity index is 584. The second kappa shape index (κ2) is 7.46. The van der Waals surface area contributed by atoms with Crippen LogP contribution in [0, 0.1) is 0 Å². The van der Waals surface area contributed by atoms with E-state index in [-0.39, 0.29) is 12.1 Å². The Balaban J connectivity index is 2.02. The molecule has 1 aliphatic rings.